The van der Waals surface area contributed by atoms with Gasteiger partial charge in [-0.2, -0.15) is 0 Å². The van der Waals surface area contributed by atoms with Crippen LogP contribution in [0.25, 0.3) is 5.57 Å². The second-order valence-corrected chi connectivity index (χ2v) is 5.68. The first-order chi connectivity index (χ1) is 9.89. The summed E-state index contributed by atoms with van der Waals surface area (Å²) in [4.78, 5) is 11.7. The Morgan fingerprint density at radius 3 is 2.62 bits per heavy atom. The Bertz CT molecular complexity index is 626. The van der Waals surface area contributed by atoms with E-state index in [0.717, 1.165) is 29.6 Å². The first kappa shape index (κ1) is 15.3. The fourth-order valence-corrected chi connectivity index (χ4v) is 2.55. The summed E-state index contributed by atoms with van der Waals surface area (Å²) in [6, 6.07) is 7.41. The molecule has 0 radical (unpaired) electrons. The fourth-order valence-electron chi connectivity index (χ4n) is 2.55. The van der Waals surface area contributed by atoms with Gasteiger partial charge in [0.15, 0.2) is 0 Å². The Labute approximate surface area is 125 Å². The maximum Gasteiger partial charge on any atom is 0.328 e. The molecule has 2 rings (SSSR count). The van der Waals surface area contributed by atoms with Crippen molar-refractivity contribution in [2.24, 2.45) is 11.7 Å². The normalized spacial score (nSPS) is 17.9. The van der Waals surface area contributed by atoms with Gasteiger partial charge in [-0.25, -0.2) is 4.79 Å². The van der Waals surface area contributed by atoms with Gasteiger partial charge in [0.2, 0.25) is 0 Å². The van der Waals surface area contributed by atoms with Crippen molar-refractivity contribution >= 4 is 11.5 Å². The molecule has 0 aromatic heterocycles. The number of rotatable bonds is 6. The number of nitrogens with two attached hydrogens (primary N) is 1. The minimum absolute atomic E-state index is 0.0163. The highest BCUT2D eigenvalue weighted by Gasteiger charge is 2.49. The fraction of sp³-hybridized carbons (Fsp3) is 0.278. The summed E-state index contributed by atoms with van der Waals surface area (Å²) in [5.41, 5.74) is 8.29. The Morgan fingerprint density at radius 2 is 2.14 bits per heavy atom. The molecule has 3 nitrogen and oxygen atoms in total. The molecule has 1 aliphatic carbocycles. The van der Waals surface area contributed by atoms with E-state index in [0.29, 0.717) is 5.56 Å². The molecule has 1 aliphatic rings. The van der Waals surface area contributed by atoms with Crippen molar-refractivity contribution in [2.45, 2.75) is 25.3 Å². The van der Waals surface area contributed by atoms with Crippen molar-refractivity contribution in [1.82, 2.24) is 0 Å². The van der Waals surface area contributed by atoms with Gasteiger partial charge in [-0.15, -0.1) is 0 Å². The molecule has 0 aliphatic heterocycles. The number of carbonyl (C=O) groups is 1. The monoisotopic (exact) mass is 283 g/mol. The van der Waals surface area contributed by atoms with Crippen LogP contribution in [0.15, 0.2) is 55.1 Å². The van der Waals surface area contributed by atoms with Gasteiger partial charge < -0.3 is 10.8 Å². The lowest BCUT2D eigenvalue weighted by Gasteiger charge is -2.25. The standard InChI is InChI=1S/C18H21NO2/c1-4-13(10-12(2)3)14-6-5-7-16(11-14)18(19,17(20)21)15-8-9-15/h4-7,10-11,15H,1-2,8-9,19H2,3H3,(H,20,21)/b13-10+. The van der Waals surface area contributed by atoms with E-state index in [1.54, 1.807) is 12.1 Å². The van der Waals surface area contributed by atoms with Crippen LogP contribution < -0.4 is 5.73 Å². The van der Waals surface area contributed by atoms with Gasteiger partial charge in [0, 0.05) is 0 Å². The first-order valence-corrected chi connectivity index (χ1v) is 7.02. The SMILES string of the molecule is C=C/C(=C\C(=C)C)c1cccc(C(N)(C(=O)O)C2CC2)c1. The van der Waals surface area contributed by atoms with Crippen LogP contribution >= 0.6 is 0 Å². The Kier molecular flexibility index (Phi) is 4.14. The molecule has 1 aromatic carbocycles. The lowest BCUT2D eigenvalue weighted by atomic mass is 9.84. The second-order valence-electron chi connectivity index (χ2n) is 5.68. The predicted octanol–water partition coefficient (Wildman–Crippen LogP) is 3.48. The second kappa shape index (κ2) is 5.70. The molecule has 1 fully saturated rings. The van der Waals surface area contributed by atoms with E-state index in [9.17, 15) is 9.90 Å². The van der Waals surface area contributed by atoms with Gasteiger partial charge in [0.25, 0.3) is 0 Å². The molecule has 1 atom stereocenters. The largest absolute Gasteiger partial charge is 0.480 e. The van der Waals surface area contributed by atoms with Crippen molar-refractivity contribution in [3.8, 4) is 0 Å². The van der Waals surface area contributed by atoms with Crippen LogP contribution in [-0.2, 0) is 10.3 Å². The maximum absolute atomic E-state index is 11.7. The third kappa shape index (κ3) is 2.98. The summed E-state index contributed by atoms with van der Waals surface area (Å²) >= 11 is 0. The molecule has 1 saturated carbocycles. The van der Waals surface area contributed by atoms with E-state index >= 15 is 0 Å². The molecule has 0 amide bonds. The molecule has 3 heteroatoms. The number of hydrogen-bond donors (Lipinski definition) is 2. The zero-order valence-electron chi connectivity index (χ0n) is 12.3. The molecule has 1 unspecified atom stereocenters. The van der Waals surface area contributed by atoms with E-state index in [1.807, 2.05) is 31.2 Å². The molecule has 0 saturated heterocycles. The van der Waals surface area contributed by atoms with Crippen molar-refractivity contribution in [3.63, 3.8) is 0 Å². The van der Waals surface area contributed by atoms with Gasteiger partial charge in [0.05, 0.1) is 0 Å². The van der Waals surface area contributed by atoms with Gasteiger partial charge in [-0.05, 0) is 48.4 Å². The molecule has 110 valence electrons. The van der Waals surface area contributed by atoms with Crippen molar-refractivity contribution < 1.29 is 9.90 Å². The molecular weight excluding hydrogens is 262 g/mol. The number of allylic oxidation sites excluding steroid dienone is 4. The number of benzene rings is 1. The third-order valence-corrected chi connectivity index (χ3v) is 3.87. The average Bonchev–Trinajstić information content (AvgIpc) is 3.28. The minimum atomic E-state index is -1.30. The van der Waals surface area contributed by atoms with Crippen LogP contribution in [0.3, 0.4) is 0 Å². The molecule has 0 heterocycles. The van der Waals surface area contributed by atoms with Crippen LogP contribution in [-0.4, -0.2) is 11.1 Å². The summed E-state index contributed by atoms with van der Waals surface area (Å²) in [6.45, 7) is 9.58. The van der Waals surface area contributed by atoms with E-state index in [4.69, 9.17) is 5.73 Å². The molecule has 21 heavy (non-hydrogen) atoms. The summed E-state index contributed by atoms with van der Waals surface area (Å²) in [7, 11) is 0. The zero-order chi connectivity index (χ0) is 15.6. The van der Waals surface area contributed by atoms with E-state index in [-0.39, 0.29) is 5.92 Å². The summed E-state index contributed by atoms with van der Waals surface area (Å²) in [6.07, 6.45) is 5.39. The van der Waals surface area contributed by atoms with Gasteiger partial charge in [0.1, 0.15) is 5.54 Å². The molecule has 0 spiro atoms. The quantitative estimate of drug-likeness (QED) is 0.786. The first-order valence-electron chi connectivity index (χ1n) is 7.02. The molecule has 0 bridgehead atoms. The van der Waals surface area contributed by atoms with Crippen LogP contribution in [0, 0.1) is 5.92 Å². The average molecular weight is 283 g/mol. The summed E-state index contributed by atoms with van der Waals surface area (Å²) in [5, 5.41) is 9.55. The van der Waals surface area contributed by atoms with Crippen molar-refractivity contribution in [1.29, 1.82) is 0 Å². The van der Waals surface area contributed by atoms with Crippen LogP contribution in [0.5, 0.6) is 0 Å². The predicted molar refractivity (Wildman–Crippen MR) is 85.7 cm³/mol. The highest BCUT2D eigenvalue weighted by Crippen LogP contribution is 2.44. The highest BCUT2D eigenvalue weighted by molar-refractivity contribution is 5.83. The molecule has 1 aromatic rings. The van der Waals surface area contributed by atoms with E-state index in [2.05, 4.69) is 13.2 Å². The summed E-state index contributed by atoms with van der Waals surface area (Å²) in [5.74, 6) is -0.950. The highest BCUT2D eigenvalue weighted by atomic mass is 16.4. The van der Waals surface area contributed by atoms with Gasteiger partial charge in [-0.1, -0.05) is 49.1 Å². The zero-order valence-corrected chi connectivity index (χ0v) is 12.3. The van der Waals surface area contributed by atoms with Crippen LogP contribution in [0.1, 0.15) is 30.9 Å². The van der Waals surface area contributed by atoms with Crippen LogP contribution in [0.2, 0.25) is 0 Å². The number of hydrogen-bond acceptors (Lipinski definition) is 2. The molecule has 3 N–H and O–H groups in total. The van der Waals surface area contributed by atoms with Crippen LogP contribution in [0.4, 0.5) is 0 Å². The topological polar surface area (TPSA) is 63.3 Å². The Morgan fingerprint density at radius 1 is 1.48 bits per heavy atom. The van der Waals surface area contributed by atoms with Gasteiger partial charge >= 0.3 is 5.97 Å². The molecular formula is C18H21NO2. The van der Waals surface area contributed by atoms with E-state index < -0.39 is 11.5 Å². The van der Waals surface area contributed by atoms with E-state index in [1.165, 1.54) is 0 Å². The number of aliphatic carboxylic acids is 1. The maximum atomic E-state index is 11.7. The van der Waals surface area contributed by atoms with Crippen molar-refractivity contribution in [2.75, 3.05) is 0 Å². The minimum Gasteiger partial charge on any atom is -0.480 e. The van der Waals surface area contributed by atoms with Crippen molar-refractivity contribution in [3.05, 3.63) is 66.3 Å². The number of carboxylic acid groups (broad SMARTS) is 1. The van der Waals surface area contributed by atoms with Gasteiger partial charge in [-0.3, -0.25) is 0 Å². The third-order valence-electron chi connectivity index (χ3n) is 3.87. The summed E-state index contributed by atoms with van der Waals surface area (Å²) < 4.78 is 0. The Hall–Kier alpha value is -2.13. The number of carboxylic acids is 1. The smallest absolute Gasteiger partial charge is 0.328 e. The lowest BCUT2D eigenvalue weighted by Crippen LogP contribution is -2.47. The lowest BCUT2D eigenvalue weighted by molar-refractivity contribution is -0.144. The Balaban J connectivity index is 2.48.